The third kappa shape index (κ3) is 2.98. The Kier molecular flexibility index (Phi) is 3.87. The number of rotatable bonds is 4. The van der Waals surface area contributed by atoms with E-state index in [0.717, 1.165) is 0 Å². The molecule has 1 atom stereocenters. The van der Waals surface area contributed by atoms with Crippen LogP contribution in [0.4, 0.5) is 5.69 Å². The van der Waals surface area contributed by atoms with Gasteiger partial charge in [-0.15, -0.1) is 0 Å². The zero-order valence-electron chi connectivity index (χ0n) is 12.2. The molecule has 0 aliphatic carbocycles. The van der Waals surface area contributed by atoms with Crippen LogP contribution >= 0.6 is 0 Å². The van der Waals surface area contributed by atoms with E-state index in [2.05, 4.69) is 0 Å². The zero-order valence-corrected chi connectivity index (χ0v) is 12.2. The first-order chi connectivity index (χ1) is 10.6. The molecule has 0 radical (unpaired) electrons. The van der Waals surface area contributed by atoms with Gasteiger partial charge in [-0.2, -0.15) is 0 Å². The minimum atomic E-state index is -0.605. The summed E-state index contributed by atoms with van der Waals surface area (Å²) in [4.78, 5) is 12.5. The fourth-order valence-electron chi connectivity index (χ4n) is 2.24. The highest BCUT2D eigenvalue weighted by atomic mass is 16.6. The Balaban J connectivity index is 1.73. The maximum atomic E-state index is 12.5. The summed E-state index contributed by atoms with van der Waals surface area (Å²) in [6.45, 7) is 2.73. The number of ketones is 1. The van der Waals surface area contributed by atoms with Gasteiger partial charge in [0.25, 0.3) is 0 Å². The lowest BCUT2D eigenvalue weighted by atomic mass is 10.1. The average molecular weight is 299 g/mol. The predicted octanol–water partition coefficient (Wildman–Crippen LogP) is 2.69. The van der Waals surface area contributed by atoms with Gasteiger partial charge in [-0.1, -0.05) is 0 Å². The number of fused-ring (bicyclic) bond motifs is 1. The van der Waals surface area contributed by atoms with E-state index in [0.29, 0.717) is 41.7 Å². The number of nitrogens with two attached hydrogens (primary N) is 1. The standard InChI is InChI=1S/C17H17NO4/c1-11(22-14-5-3-13(18)4-6-14)17(19)12-2-7-15-16(10-12)21-9-8-20-15/h2-7,10-11H,8-9,18H2,1H3. The van der Waals surface area contributed by atoms with Crippen LogP contribution in [0.1, 0.15) is 17.3 Å². The summed E-state index contributed by atoms with van der Waals surface area (Å²) in [6.07, 6.45) is -0.605. The molecule has 2 N–H and O–H groups in total. The molecular weight excluding hydrogens is 282 g/mol. The van der Waals surface area contributed by atoms with Crippen LogP contribution in [0, 0.1) is 0 Å². The van der Waals surface area contributed by atoms with Crippen LogP contribution in [-0.2, 0) is 0 Å². The topological polar surface area (TPSA) is 70.8 Å². The molecule has 2 aromatic rings. The van der Waals surface area contributed by atoms with Gasteiger partial charge in [0.15, 0.2) is 17.6 Å². The van der Waals surface area contributed by atoms with Gasteiger partial charge in [0.05, 0.1) is 0 Å². The van der Waals surface area contributed by atoms with Crippen molar-refractivity contribution in [1.82, 2.24) is 0 Å². The normalized spacial score (nSPS) is 14.2. The molecule has 2 aromatic carbocycles. The highest BCUT2D eigenvalue weighted by molar-refractivity contribution is 6.00. The third-order valence-corrected chi connectivity index (χ3v) is 3.39. The minimum Gasteiger partial charge on any atom is -0.486 e. The van der Waals surface area contributed by atoms with Gasteiger partial charge in [-0.25, -0.2) is 0 Å². The molecule has 5 heteroatoms. The number of carbonyl (C=O) groups is 1. The molecule has 1 unspecified atom stereocenters. The van der Waals surface area contributed by atoms with Crippen LogP contribution in [0.2, 0.25) is 0 Å². The molecule has 1 heterocycles. The van der Waals surface area contributed by atoms with Gasteiger partial charge in [0.2, 0.25) is 5.78 Å². The maximum absolute atomic E-state index is 12.5. The predicted molar refractivity (Wildman–Crippen MR) is 82.7 cm³/mol. The number of carbonyl (C=O) groups excluding carboxylic acids is 1. The molecule has 0 bridgehead atoms. The van der Waals surface area contributed by atoms with Crippen LogP contribution in [0.15, 0.2) is 42.5 Å². The Labute approximate surface area is 128 Å². The number of nitrogen functional groups attached to an aromatic ring is 1. The van der Waals surface area contributed by atoms with Crippen molar-refractivity contribution in [2.45, 2.75) is 13.0 Å². The van der Waals surface area contributed by atoms with E-state index in [1.54, 1.807) is 49.4 Å². The number of benzene rings is 2. The highest BCUT2D eigenvalue weighted by Gasteiger charge is 2.20. The second kappa shape index (κ2) is 5.97. The van der Waals surface area contributed by atoms with Crippen LogP contribution in [0.25, 0.3) is 0 Å². The molecule has 3 rings (SSSR count). The summed E-state index contributed by atoms with van der Waals surface area (Å²) >= 11 is 0. The summed E-state index contributed by atoms with van der Waals surface area (Å²) in [5, 5.41) is 0. The van der Waals surface area contributed by atoms with Crippen LogP contribution < -0.4 is 19.9 Å². The molecule has 0 amide bonds. The van der Waals surface area contributed by atoms with E-state index in [4.69, 9.17) is 19.9 Å². The van der Waals surface area contributed by atoms with Crippen molar-refractivity contribution >= 4 is 11.5 Å². The highest BCUT2D eigenvalue weighted by Crippen LogP contribution is 2.31. The summed E-state index contributed by atoms with van der Waals surface area (Å²) in [7, 11) is 0. The average Bonchev–Trinajstić information content (AvgIpc) is 2.55. The fraction of sp³-hybridized carbons (Fsp3) is 0.235. The quantitative estimate of drug-likeness (QED) is 0.694. The third-order valence-electron chi connectivity index (χ3n) is 3.39. The second-order valence-electron chi connectivity index (χ2n) is 5.05. The lowest BCUT2D eigenvalue weighted by Gasteiger charge is -2.19. The van der Waals surface area contributed by atoms with Crippen molar-refractivity contribution in [1.29, 1.82) is 0 Å². The summed E-state index contributed by atoms with van der Waals surface area (Å²) in [6, 6.07) is 12.1. The smallest absolute Gasteiger partial charge is 0.203 e. The van der Waals surface area contributed by atoms with Gasteiger partial charge in [-0.05, 0) is 49.4 Å². The zero-order chi connectivity index (χ0) is 15.5. The monoisotopic (exact) mass is 299 g/mol. The number of anilines is 1. The van der Waals surface area contributed by atoms with Gasteiger partial charge in [0, 0.05) is 11.3 Å². The Morgan fingerprint density at radius 1 is 1.09 bits per heavy atom. The van der Waals surface area contributed by atoms with Crippen molar-refractivity contribution in [3.05, 3.63) is 48.0 Å². The summed E-state index contributed by atoms with van der Waals surface area (Å²) in [5.41, 5.74) is 6.81. The van der Waals surface area contributed by atoms with Crippen LogP contribution in [-0.4, -0.2) is 25.1 Å². The summed E-state index contributed by atoms with van der Waals surface area (Å²) in [5.74, 6) is 1.74. The fourth-order valence-corrected chi connectivity index (χ4v) is 2.24. The molecule has 0 saturated heterocycles. The second-order valence-corrected chi connectivity index (χ2v) is 5.05. The Bertz CT molecular complexity index is 682. The lowest BCUT2D eigenvalue weighted by molar-refractivity contribution is 0.0817. The van der Waals surface area contributed by atoms with E-state index in [1.807, 2.05) is 0 Å². The summed E-state index contributed by atoms with van der Waals surface area (Å²) < 4.78 is 16.6. The Morgan fingerprint density at radius 3 is 2.50 bits per heavy atom. The van der Waals surface area contributed by atoms with Gasteiger partial charge >= 0.3 is 0 Å². The van der Waals surface area contributed by atoms with E-state index in [9.17, 15) is 4.79 Å². The van der Waals surface area contributed by atoms with Crippen molar-refractivity contribution in [3.63, 3.8) is 0 Å². The molecule has 1 aliphatic rings. The molecule has 114 valence electrons. The largest absolute Gasteiger partial charge is 0.486 e. The van der Waals surface area contributed by atoms with E-state index >= 15 is 0 Å². The Morgan fingerprint density at radius 2 is 1.77 bits per heavy atom. The van der Waals surface area contributed by atoms with Gasteiger partial charge in [0.1, 0.15) is 19.0 Å². The van der Waals surface area contributed by atoms with Gasteiger partial charge in [-0.3, -0.25) is 4.79 Å². The number of Topliss-reactive ketones (excluding diaryl/α,β-unsaturated/α-hetero) is 1. The maximum Gasteiger partial charge on any atom is 0.203 e. The van der Waals surface area contributed by atoms with Crippen molar-refractivity contribution in [2.75, 3.05) is 18.9 Å². The molecule has 0 fully saturated rings. The number of ether oxygens (including phenoxy) is 3. The molecule has 0 saturated carbocycles. The first-order valence-electron chi connectivity index (χ1n) is 7.09. The molecule has 22 heavy (non-hydrogen) atoms. The number of hydrogen-bond acceptors (Lipinski definition) is 5. The van der Waals surface area contributed by atoms with Crippen molar-refractivity contribution in [3.8, 4) is 17.2 Å². The van der Waals surface area contributed by atoms with E-state index in [-0.39, 0.29) is 5.78 Å². The van der Waals surface area contributed by atoms with Crippen LogP contribution in [0.5, 0.6) is 17.2 Å². The van der Waals surface area contributed by atoms with E-state index < -0.39 is 6.10 Å². The van der Waals surface area contributed by atoms with E-state index in [1.165, 1.54) is 0 Å². The van der Waals surface area contributed by atoms with Crippen LogP contribution in [0.3, 0.4) is 0 Å². The molecule has 1 aliphatic heterocycles. The molecule has 0 aromatic heterocycles. The van der Waals surface area contributed by atoms with Crippen molar-refractivity contribution < 1.29 is 19.0 Å². The number of hydrogen-bond donors (Lipinski definition) is 1. The minimum absolute atomic E-state index is 0.117. The SMILES string of the molecule is CC(Oc1ccc(N)cc1)C(=O)c1ccc2c(c1)OCCO2. The first-order valence-corrected chi connectivity index (χ1v) is 7.09. The molecular formula is C17H17NO4. The van der Waals surface area contributed by atoms with Crippen molar-refractivity contribution in [2.24, 2.45) is 0 Å². The first kappa shape index (κ1) is 14.3. The Hall–Kier alpha value is -2.69. The molecule has 0 spiro atoms. The lowest BCUT2D eigenvalue weighted by Crippen LogP contribution is -2.24. The van der Waals surface area contributed by atoms with Gasteiger partial charge < -0.3 is 19.9 Å². The molecule has 5 nitrogen and oxygen atoms in total.